The Morgan fingerprint density at radius 2 is 2.29 bits per heavy atom. The average molecular weight is 317 g/mol. The number of thioether (sulfide) groups is 1. The molecule has 0 atom stereocenters. The number of thiocarbonyl (C=S) groups is 1. The molecular formula is C9H8ClKNO3S2+. The first kappa shape index (κ1) is 17.8. The second-order valence-electron chi connectivity index (χ2n) is 2.81. The molecule has 1 aliphatic rings. The van der Waals surface area contributed by atoms with Gasteiger partial charge in [0.05, 0.1) is 0 Å². The number of amides is 1. The SMILES string of the molecule is O=C(O)CN1C(=O)C(=C=CCCCl)SC1=S.[K+]. The van der Waals surface area contributed by atoms with Crippen molar-refractivity contribution in [1.82, 2.24) is 4.90 Å². The summed E-state index contributed by atoms with van der Waals surface area (Å²) in [5.41, 5.74) is 2.76. The van der Waals surface area contributed by atoms with E-state index >= 15 is 0 Å². The first-order chi connectivity index (χ1) is 7.56. The molecule has 0 unspecified atom stereocenters. The molecule has 0 radical (unpaired) electrons. The van der Waals surface area contributed by atoms with Gasteiger partial charge in [-0.3, -0.25) is 14.5 Å². The van der Waals surface area contributed by atoms with E-state index in [0.717, 1.165) is 16.7 Å². The van der Waals surface area contributed by atoms with Crippen molar-refractivity contribution in [3.8, 4) is 0 Å². The Hall–Kier alpha value is 0.826. The zero-order valence-electron chi connectivity index (χ0n) is 9.10. The number of carboxylic acids is 1. The van der Waals surface area contributed by atoms with Crippen LogP contribution in [0, 0.1) is 0 Å². The molecule has 1 heterocycles. The van der Waals surface area contributed by atoms with Gasteiger partial charge in [-0.15, -0.1) is 17.3 Å². The van der Waals surface area contributed by atoms with Gasteiger partial charge < -0.3 is 5.11 Å². The van der Waals surface area contributed by atoms with E-state index in [9.17, 15) is 9.59 Å². The molecule has 0 aromatic carbocycles. The topological polar surface area (TPSA) is 57.6 Å². The summed E-state index contributed by atoms with van der Waals surface area (Å²) in [6.07, 6.45) is 2.24. The molecule has 0 aliphatic carbocycles. The van der Waals surface area contributed by atoms with Crippen molar-refractivity contribution >= 4 is 51.8 Å². The molecule has 1 rings (SSSR count). The molecule has 1 amide bonds. The molecule has 0 spiro atoms. The van der Waals surface area contributed by atoms with Crippen LogP contribution in [0.4, 0.5) is 0 Å². The number of hydrogen-bond acceptors (Lipinski definition) is 4. The number of carboxylic acid groups (broad SMARTS) is 1. The summed E-state index contributed by atoms with van der Waals surface area (Å²) < 4.78 is 0.245. The van der Waals surface area contributed by atoms with Gasteiger partial charge in [-0.05, 0) is 24.3 Å². The van der Waals surface area contributed by atoms with E-state index in [1.165, 1.54) is 0 Å². The van der Waals surface area contributed by atoms with Gasteiger partial charge in [0.25, 0.3) is 5.91 Å². The van der Waals surface area contributed by atoms with E-state index in [0.29, 0.717) is 17.2 Å². The van der Waals surface area contributed by atoms with Gasteiger partial charge in [0, 0.05) is 5.88 Å². The molecule has 1 aliphatic heterocycles. The Kier molecular flexibility index (Phi) is 9.28. The van der Waals surface area contributed by atoms with Gasteiger partial charge in [-0.1, -0.05) is 12.2 Å². The van der Waals surface area contributed by atoms with Crippen molar-refractivity contribution in [2.75, 3.05) is 12.4 Å². The van der Waals surface area contributed by atoms with Crippen LogP contribution in [0.2, 0.25) is 0 Å². The van der Waals surface area contributed by atoms with E-state index < -0.39 is 18.4 Å². The molecule has 0 aromatic rings. The van der Waals surface area contributed by atoms with E-state index in [2.05, 4.69) is 5.73 Å². The predicted octanol–water partition coefficient (Wildman–Crippen LogP) is -1.40. The van der Waals surface area contributed by atoms with Gasteiger partial charge >= 0.3 is 57.4 Å². The molecule has 1 saturated heterocycles. The van der Waals surface area contributed by atoms with E-state index in [1.54, 1.807) is 6.08 Å². The van der Waals surface area contributed by atoms with Crippen molar-refractivity contribution in [2.24, 2.45) is 0 Å². The molecule has 1 N–H and O–H groups in total. The van der Waals surface area contributed by atoms with Crippen LogP contribution in [-0.2, 0) is 9.59 Å². The number of hydrogen-bond donors (Lipinski definition) is 1. The molecule has 0 bridgehead atoms. The second kappa shape index (κ2) is 8.85. The maximum Gasteiger partial charge on any atom is 1.00 e. The molecule has 8 heteroatoms. The van der Waals surface area contributed by atoms with Crippen LogP contribution < -0.4 is 51.4 Å². The molecule has 0 aromatic heterocycles. The Morgan fingerprint density at radius 1 is 1.65 bits per heavy atom. The largest absolute Gasteiger partial charge is 1.00 e. The molecule has 86 valence electrons. The summed E-state index contributed by atoms with van der Waals surface area (Å²) in [6, 6.07) is 0. The summed E-state index contributed by atoms with van der Waals surface area (Å²) >= 11 is 11.4. The fraction of sp³-hybridized carbons (Fsp3) is 0.333. The maximum absolute atomic E-state index is 11.6. The average Bonchev–Trinajstić information content (AvgIpc) is 2.46. The smallest absolute Gasteiger partial charge is 0.480 e. The number of aliphatic carboxylic acids is 1. The summed E-state index contributed by atoms with van der Waals surface area (Å²) in [5.74, 6) is -1.06. The summed E-state index contributed by atoms with van der Waals surface area (Å²) in [5, 5.41) is 8.59. The van der Waals surface area contributed by atoms with Crippen molar-refractivity contribution in [2.45, 2.75) is 6.42 Å². The van der Waals surface area contributed by atoms with E-state index in [-0.39, 0.29) is 55.7 Å². The number of rotatable bonds is 4. The summed E-state index contributed by atoms with van der Waals surface area (Å²) in [6.45, 7) is -0.411. The third-order valence-electron chi connectivity index (χ3n) is 1.63. The van der Waals surface area contributed by atoms with Crippen LogP contribution in [0.15, 0.2) is 16.7 Å². The number of nitrogens with zero attached hydrogens (tertiary/aromatic N) is 1. The Morgan fingerprint density at radius 3 is 2.82 bits per heavy atom. The number of halogens is 1. The Balaban J connectivity index is 0.00000256. The quantitative estimate of drug-likeness (QED) is 0.227. The van der Waals surface area contributed by atoms with Crippen molar-refractivity contribution < 1.29 is 66.1 Å². The minimum absolute atomic E-state index is 0. The Labute approximate surface area is 156 Å². The van der Waals surface area contributed by atoms with Crippen molar-refractivity contribution in [1.29, 1.82) is 0 Å². The van der Waals surface area contributed by atoms with E-state index in [4.69, 9.17) is 28.9 Å². The first-order valence-electron chi connectivity index (χ1n) is 4.33. The molecule has 17 heavy (non-hydrogen) atoms. The fourth-order valence-corrected chi connectivity index (χ4v) is 2.25. The van der Waals surface area contributed by atoms with Gasteiger partial charge in [0.1, 0.15) is 15.8 Å². The zero-order chi connectivity index (χ0) is 12.1. The van der Waals surface area contributed by atoms with E-state index in [1.807, 2.05) is 0 Å². The van der Waals surface area contributed by atoms with Gasteiger partial charge in [-0.2, -0.15) is 0 Å². The Bertz CT molecular complexity index is 407. The number of alkyl halides is 1. The van der Waals surface area contributed by atoms with Crippen LogP contribution in [0.25, 0.3) is 0 Å². The van der Waals surface area contributed by atoms with Crippen LogP contribution >= 0.6 is 35.6 Å². The van der Waals surface area contributed by atoms with Crippen LogP contribution in [0.3, 0.4) is 0 Å². The van der Waals surface area contributed by atoms with Crippen LogP contribution in [0.5, 0.6) is 0 Å². The third kappa shape index (κ3) is 5.55. The normalized spacial score (nSPS) is 14.4. The van der Waals surface area contributed by atoms with Gasteiger partial charge in [-0.25, -0.2) is 0 Å². The standard InChI is InChI=1S/C9H8ClNO3S2.K/c10-4-2-1-3-6-8(14)11(5-7(12)13)9(15)16-6;/h1H,2,4-5H2,(H,12,13);/q;+1. The molecule has 1 fully saturated rings. The van der Waals surface area contributed by atoms with Crippen LogP contribution in [0.1, 0.15) is 6.42 Å². The molecular weight excluding hydrogens is 309 g/mol. The fourth-order valence-electron chi connectivity index (χ4n) is 0.974. The predicted molar refractivity (Wildman–Crippen MR) is 66.5 cm³/mol. The maximum atomic E-state index is 11.6. The minimum atomic E-state index is -1.10. The second-order valence-corrected chi connectivity index (χ2v) is 4.83. The van der Waals surface area contributed by atoms with Crippen LogP contribution in [-0.4, -0.2) is 38.6 Å². The number of carbonyl (C=O) groups is 2. The zero-order valence-corrected chi connectivity index (χ0v) is 14.6. The van der Waals surface area contributed by atoms with Gasteiger partial charge in [0.15, 0.2) is 0 Å². The monoisotopic (exact) mass is 316 g/mol. The van der Waals surface area contributed by atoms with Crippen molar-refractivity contribution in [3.63, 3.8) is 0 Å². The van der Waals surface area contributed by atoms with Crippen molar-refractivity contribution in [3.05, 3.63) is 16.7 Å². The minimum Gasteiger partial charge on any atom is -0.480 e. The molecule has 0 saturated carbocycles. The third-order valence-corrected chi connectivity index (χ3v) is 3.21. The summed E-state index contributed by atoms with van der Waals surface area (Å²) in [4.78, 5) is 23.5. The first-order valence-corrected chi connectivity index (χ1v) is 6.08. The number of carbonyl (C=O) groups excluding carboxylic acids is 1. The van der Waals surface area contributed by atoms with Gasteiger partial charge in [0.2, 0.25) is 0 Å². The summed E-state index contributed by atoms with van der Waals surface area (Å²) in [7, 11) is 0. The molecule has 4 nitrogen and oxygen atoms in total.